The molecule has 0 aliphatic carbocycles. The van der Waals surface area contributed by atoms with Gasteiger partial charge in [-0.1, -0.05) is 12.1 Å². The number of allylic oxidation sites excluding steroid dienone is 1. The molecule has 120 valence electrons. The third-order valence-electron chi connectivity index (χ3n) is 3.88. The Morgan fingerprint density at radius 2 is 1.79 bits per heavy atom. The lowest BCUT2D eigenvalue weighted by molar-refractivity contribution is 0.626. The third kappa shape index (κ3) is 3.18. The van der Waals surface area contributed by atoms with E-state index in [2.05, 4.69) is 41.1 Å². The predicted molar refractivity (Wildman–Crippen MR) is 101 cm³/mol. The van der Waals surface area contributed by atoms with E-state index in [0.717, 1.165) is 17.8 Å². The number of nitrogens with zero attached hydrogens (tertiary/aromatic N) is 2. The molecule has 1 aliphatic heterocycles. The highest BCUT2D eigenvalue weighted by atomic mass is 32.1. The Morgan fingerprint density at radius 3 is 2.50 bits per heavy atom. The molecule has 0 unspecified atom stereocenters. The monoisotopic (exact) mass is 354 g/mol. The average Bonchev–Trinajstić information content (AvgIpc) is 3.34. The van der Waals surface area contributed by atoms with Crippen LogP contribution in [-0.4, -0.2) is 5.71 Å². The Morgan fingerprint density at radius 1 is 1.00 bits per heavy atom. The molecular weight excluding hydrogens is 339 g/mol. The van der Waals surface area contributed by atoms with Crippen molar-refractivity contribution in [3.8, 4) is 0 Å². The first kappa shape index (κ1) is 15.3. The predicted octanol–water partition coefficient (Wildman–Crippen LogP) is 5.97. The normalized spacial score (nSPS) is 17.6. The van der Waals surface area contributed by atoms with E-state index in [9.17, 15) is 4.39 Å². The van der Waals surface area contributed by atoms with Gasteiger partial charge in [0.25, 0.3) is 0 Å². The van der Waals surface area contributed by atoms with Gasteiger partial charge in [-0.2, -0.15) is 5.10 Å². The molecular formula is C19H15FN2S2. The van der Waals surface area contributed by atoms with Crippen LogP contribution in [-0.2, 0) is 0 Å². The van der Waals surface area contributed by atoms with Crippen LogP contribution in [0.4, 0.5) is 10.1 Å². The molecule has 0 saturated heterocycles. The van der Waals surface area contributed by atoms with E-state index in [1.54, 1.807) is 34.8 Å². The van der Waals surface area contributed by atoms with Gasteiger partial charge in [0.2, 0.25) is 0 Å². The summed E-state index contributed by atoms with van der Waals surface area (Å²) in [5, 5.41) is 10.9. The molecule has 3 heterocycles. The van der Waals surface area contributed by atoms with Gasteiger partial charge < -0.3 is 0 Å². The highest BCUT2D eigenvalue weighted by molar-refractivity contribution is 7.10. The standard InChI is InChI=1S/C19H15FN2S2/c20-14-5-8-16(9-6-14)22-18(19-4-2-12-24-19)13-15(21-22)7-10-17-3-1-11-23-17/h1-12,18H,13H2/b10-7+/t18-/m1/s1. The van der Waals surface area contributed by atoms with Crippen molar-refractivity contribution < 1.29 is 4.39 Å². The van der Waals surface area contributed by atoms with Gasteiger partial charge in [-0.15, -0.1) is 22.7 Å². The zero-order valence-corrected chi connectivity index (χ0v) is 14.4. The fourth-order valence-electron chi connectivity index (χ4n) is 2.73. The molecule has 0 fully saturated rings. The second-order valence-electron chi connectivity index (χ2n) is 5.50. The maximum atomic E-state index is 13.2. The Labute approximate surface area is 148 Å². The number of halogens is 1. The van der Waals surface area contributed by atoms with Crippen LogP contribution in [0.5, 0.6) is 0 Å². The van der Waals surface area contributed by atoms with Crippen LogP contribution in [0.15, 0.2) is 70.5 Å². The molecule has 2 aromatic heterocycles. The zero-order valence-electron chi connectivity index (χ0n) is 12.8. The molecule has 24 heavy (non-hydrogen) atoms. The van der Waals surface area contributed by atoms with Gasteiger partial charge in [-0.05, 0) is 59.3 Å². The summed E-state index contributed by atoms with van der Waals surface area (Å²) in [5.74, 6) is -0.229. The van der Waals surface area contributed by atoms with Crippen LogP contribution in [0.1, 0.15) is 22.2 Å². The lowest BCUT2D eigenvalue weighted by Gasteiger charge is -2.22. The van der Waals surface area contributed by atoms with Gasteiger partial charge >= 0.3 is 0 Å². The van der Waals surface area contributed by atoms with Crippen molar-refractivity contribution in [3.63, 3.8) is 0 Å². The van der Waals surface area contributed by atoms with Crippen LogP contribution < -0.4 is 5.01 Å². The zero-order chi connectivity index (χ0) is 16.4. The van der Waals surface area contributed by atoms with Crippen molar-refractivity contribution >= 4 is 40.1 Å². The molecule has 2 nitrogen and oxygen atoms in total. The fraction of sp³-hybridized carbons (Fsp3) is 0.105. The lowest BCUT2D eigenvalue weighted by atomic mass is 10.1. The summed E-state index contributed by atoms with van der Waals surface area (Å²) in [5.41, 5.74) is 1.94. The van der Waals surface area contributed by atoms with E-state index in [4.69, 9.17) is 5.10 Å². The van der Waals surface area contributed by atoms with E-state index in [-0.39, 0.29) is 11.9 Å². The summed E-state index contributed by atoms with van der Waals surface area (Å²) in [7, 11) is 0. The molecule has 0 saturated carbocycles. The van der Waals surface area contributed by atoms with E-state index < -0.39 is 0 Å². The second kappa shape index (κ2) is 6.71. The van der Waals surface area contributed by atoms with Crippen LogP contribution >= 0.6 is 22.7 Å². The van der Waals surface area contributed by atoms with Gasteiger partial charge in [0.1, 0.15) is 5.82 Å². The first-order valence-corrected chi connectivity index (χ1v) is 9.43. The van der Waals surface area contributed by atoms with E-state index in [0.29, 0.717) is 0 Å². The summed E-state index contributed by atoms with van der Waals surface area (Å²) in [6, 6.07) is 15.0. The molecule has 5 heteroatoms. The van der Waals surface area contributed by atoms with Gasteiger partial charge in [0.05, 0.1) is 17.4 Å². The summed E-state index contributed by atoms with van der Waals surface area (Å²) in [6.07, 6.45) is 5.03. The van der Waals surface area contributed by atoms with Gasteiger partial charge in [0.15, 0.2) is 0 Å². The highest BCUT2D eigenvalue weighted by Crippen LogP contribution is 2.37. The van der Waals surface area contributed by atoms with Crippen molar-refractivity contribution in [3.05, 3.63) is 80.9 Å². The van der Waals surface area contributed by atoms with Crippen molar-refractivity contribution in [2.45, 2.75) is 12.5 Å². The number of thiophene rings is 2. The molecule has 1 aromatic carbocycles. The van der Waals surface area contributed by atoms with Crippen LogP contribution in [0.2, 0.25) is 0 Å². The molecule has 1 aliphatic rings. The molecule has 1 atom stereocenters. The van der Waals surface area contributed by atoms with E-state index in [1.807, 2.05) is 11.1 Å². The maximum Gasteiger partial charge on any atom is 0.123 e. The van der Waals surface area contributed by atoms with Crippen molar-refractivity contribution in [1.29, 1.82) is 0 Å². The molecule has 0 bridgehead atoms. The fourth-order valence-corrected chi connectivity index (χ4v) is 4.16. The Kier molecular flexibility index (Phi) is 4.28. The minimum absolute atomic E-state index is 0.165. The van der Waals surface area contributed by atoms with E-state index >= 15 is 0 Å². The number of hydrogen-bond donors (Lipinski definition) is 0. The first-order chi connectivity index (χ1) is 11.8. The molecule has 3 aromatic rings. The van der Waals surface area contributed by atoms with Crippen molar-refractivity contribution in [2.75, 3.05) is 5.01 Å². The minimum atomic E-state index is -0.229. The van der Waals surface area contributed by atoms with Crippen LogP contribution in [0.25, 0.3) is 6.08 Å². The number of anilines is 1. The van der Waals surface area contributed by atoms with Crippen LogP contribution in [0.3, 0.4) is 0 Å². The number of hydrazone groups is 1. The highest BCUT2D eigenvalue weighted by Gasteiger charge is 2.28. The molecule has 0 N–H and O–H groups in total. The smallest absolute Gasteiger partial charge is 0.123 e. The third-order valence-corrected chi connectivity index (χ3v) is 5.69. The maximum absolute atomic E-state index is 13.2. The lowest BCUT2D eigenvalue weighted by Crippen LogP contribution is -2.17. The molecule has 4 rings (SSSR count). The molecule has 0 radical (unpaired) electrons. The van der Waals surface area contributed by atoms with Crippen molar-refractivity contribution in [1.82, 2.24) is 0 Å². The topological polar surface area (TPSA) is 15.6 Å². The second-order valence-corrected chi connectivity index (χ2v) is 7.45. The number of rotatable bonds is 4. The Hall–Kier alpha value is -2.24. The van der Waals surface area contributed by atoms with E-state index in [1.165, 1.54) is 21.9 Å². The molecule has 0 spiro atoms. The van der Waals surface area contributed by atoms with Crippen molar-refractivity contribution in [2.24, 2.45) is 5.10 Å². The Bertz CT molecular complexity index is 849. The SMILES string of the molecule is Fc1ccc(N2N=C(/C=C/c3cccs3)C[C@@H]2c2cccs2)cc1. The Balaban J connectivity index is 1.64. The number of hydrogen-bond acceptors (Lipinski definition) is 4. The largest absolute Gasteiger partial charge is 0.257 e. The summed E-state index contributed by atoms with van der Waals surface area (Å²) >= 11 is 3.44. The summed E-state index contributed by atoms with van der Waals surface area (Å²) < 4.78 is 13.2. The molecule has 0 amide bonds. The van der Waals surface area contributed by atoms with Gasteiger partial charge in [0, 0.05) is 16.2 Å². The minimum Gasteiger partial charge on any atom is -0.257 e. The van der Waals surface area contributed by atoms with Gasteiger partial charge in [-0.25, -0.2) is 4.39 Å². The quantitative estimate of drug-likeness (QED) is 0.563. The van der Waals surface area contributed by atoms with Crippen LogP contribution in [0, 0.1) is 5.82 Å². The number of benzene rings is 1. The summed E-state index contributed by atoms with van der Waals surface area (Å²) in [6.45, 7) is 0. The average molecular weight is 354 g/mol. The summed E-state index contributed by atoms with van der Waals surface area (Å²) in [4.78, 5) is 2.48. The van der Waals surface area contributed by atoms with Gasteiger partial charge in [-0.3, -0.25) is 5.01 Å². The first-order valence-electron chi connectivity index (χ1n) is 7.67.